The predicted octanol–water partition coefficient (Wildman–Crippen LogP) is 5.50. The van der Waals surface area contributed by atoms with Crippen LogP contribution in [0.1, 0.15) is 64.1 Å². The minimum absolute atomic E-state index is 0.348. The molecule has 0 N–H and O–H groups in total. The van der Waals surface area contributed by atoms with Crippen molar-refractivity contribution >= 4 is 20.7 Å². The van der Waals surface area contributed by atoms with Crippen LogP contribution in [0.15, 0.2) is 30.3 Å². The number of hydrogen-bond donors (Lipinski definition) is 0. The van der Waals surface area contributed by atoms with Crippen molar-refractivity contribution in [1.82, 2.24) is 4.98 Å². The lowest BCUT2D eigenvalue weighted by Gasteiger charge is -2.30. The third-order valence-corrected chi connectivity index (χ3v) is 8.86. The summed E-state index contributed by atoms with van der Waals surface area (Å²) in [5, 5.41) is 1.22. The first kappa shape index (κ1) is 20.3. The van der Waals surface area contributed by atoms with E-state index in [1.165, 1.54) is 30.2 Å². The first-order valence-corrected chi connectivity index (χ1v) is 11.9. The molecule has 1 aromatic heterocycles. The Morgan fingerprint density at radius 3 is 2.33 bits per heavy atom. The van der Waals surface area contributed by atoms with Crippen molar-refractivity contribution in [2.75, 3.05) is 5.75 Å². The first-order chi connectivity index (χ1) is 12.6. The van der Waals surface area contributed by atoms with Gasteiger partial charge in [0.05, 0.1) is 16.0 Å². The van der Waals surface area contributed by atoms with E-state index < -0.39 is 14.6 Å². The number of aromatic nitrogens is 1. The van der Waals surface area contributed by atoms with Crippen molar-refractivity contribution in [3.8, 4) is 0 Å². The van der Waals surface area contributed by atoms with Crippen molar-refractivity contribution in [1.29, 1.82) is 0 Å². The van der Waals surface area contributed by atoms with E-state index in [0.717, 1.165) is 36.4 Å². The van der Waals surface area contributed by atoms with E-state index in [9.17, 15) is 8.42 Å². The molecule has 0 spiro atoms. The van der Waals surface area contributed by atoms with Crippen molar-refractivity contribution < 1.29 is 8.42 Å². The van der Waals surface area contributed by atoms with Crippen LogP contribution in [0.2, 0.25) is 0 Å². The standard InChI is InChI=1S/C23H33NO2S/c1-17-5-13-21-15-19(12-14-22(21)24-17)9-6-18-7-10-20(11-8-18)16-27(25,26)23(2,3)4/h5,12-15,18,20H,6-11,16H2,1-4H3. The maximum absolute atomic E-state index is 12.4. The van der Waals surface area contributed by atoms with Crippen molar-refractivity contribution in [3.63, 3.8) is 0 Å². The summed E-state index contributed by atoms with van der Waals surface area (Å²) < 4.78 is 24.2. The zero-order chi connectivity index (χ0) is 19.7. The quantitative estimate of drug-likeness (QED) is 0.681. The SMILES string of the molecule is Cc1ccc2cc(CCC3CCC(CS(=O)(=O)C(C)(C)C)CC3)ccc2n1. The van der Waals surface area contributed by atoms with Crippen LogP contribution in [-0.4, -0.2) is 23.9 Å². The Kier molecular flexibility index (Phi) is 5.95. The van der Waals surface area contributed by atoms with Crippen molar-refractivity contribution in [3.05, 3.63) is 41.6 Å². The zero-order valence-corrected chi connectivity index (χ0v) is 18.0. The highest BCUT2D eigenvalue weighted by atomic mass is 32.2. The van der Waals surface area contributed by atoms with Gasteiger partial charge in [0.2, 0.25) is 0 Å². The lowest BCUT2D eigenvalue weighted by Crippen LogP contribution is -2.34. The molecular weight excluding hydrogens is 354 g/mol. The lowest BCUT2D eigenvalue weighted by atomic mass is 9.80. The third kappa shape index (κ3) is 5.10. The van der Waals surface area contributed by atoms with Gasteiger partial charge >= 0.3 is 0 Å². The molecule has 1 aliphatic rings. The Labute approximate surface area is 164 Å². The molecule has 148 valence electrons. The topological polar surface area (TPSA) is 47.0 Å². The van der Waals surface area contributed by atoms with Crippen LogP contribution in [0.5, 0.6) is 0 Å². The smallest absolute Gasteiger partial charge is 0.155 e. The second kappa shape index (κ2) is 7.90. The normalized spacial score (nSPS) is 21.5. The molecule has 0 saturated heterocycles. The number of pyridine rings is 1. The third-order valence-electron chi connectivity index (χ3n) is 6.09. The van der Waals surface area contributed by atoms with E-state index in [4.69, 9.17) is 0 Å². The number of benzene rings is 1. The van der Waals surface area contributed by atoms with Crippen LogP contribution in [0.4, 0.5) is 0 Å². The number of nitrogens with zero attached hydrogens (tertiary/aromatic N) is 1. The minimum Gasteiger partial charge on any atom is -0.253 e. The molecule has 0 radical (unpaired) electrons. The number of hydrogen-bond acceptors (Lipinski definition) is 3. The van der Waals surface area contributed by atoms with Gasteiger partial charge in [-0.2, -0.15) is 0 Å². The molecule has 1 aromatic carbocycles. The number of rotatable bonds is 5. The fourth-order valence-corrected chi connectivity index (χ4v) is 5.50. The van der Waals surface area contributed by atoms with Gasteiger partial charge in [-0.25, -0.2) is 8.42 Å². The van der Waals surface area contributed by atoms with Crippen LogP contribution < -0.4 is 0 Å². The molecule has 0 unspecified atom stereocenters. The summed E-state index contributed by atoms with van der Waals surface area (Å²) in [6.45, 7) is 7.47. The average molecular weight is 388 g/mol. The maximum atomic E-state index is 12.4. The molecule has 1 fully saturated rings. The summed E-state index contributed by atoms with van der Waals surface area (Å²) in [5.41, 5.74) is 3.50. The van der Waals surface area contributed by atoms with Gasteiger partial charge in [-0.3, -0.25) is 4.98 Å². The Hall–Kier alpha value is -1.42. The molecule has 1 aliphatic carbocycles. The van der Waals surface area contributed by atoms with Crippen LogP contribution in [0.25, 0.3) is 10.9 Å². The number of sulfone groups is 1. The second-order valence-corrected chi connectivity index (χ2v) is 12.1. The van der Waals surface area contributed by atoms with Gasteiger partial charge in [0.15, 0.2) is 9.84 Å². The average Bonchev–Trinajstić information content (AvgIpc) is 2.60. The van der Waals surface area contributed by atoms with Gasteiger partial charge in [-0.1, -0.05) is 25.0 Å². The van der Waals surface area contributed by atoms with Gasteiger partial charge in [0, 0.05) is 11.1 Å². The molecule has 1 saturated carbocycles. The highest BCUT2D eigenvalue weighted by Crippen LogP contribution is 2.34. The Morgan fingerprint density at radius 1 is 1.00 bits per heavy atom. The van der Waals surface area contributed by atoms with Crippen molar-refractivity contribution in [2.45, 2.75) is 71.0 Å². The van der Waals surface area contributed by atoms with Gasteiger partial charge in [0.25, 0.3) is 0 Å². The predicted molar refractivity (Wildman–Crippen MR) is 114 cm³/mol. The fourth-order valence-electron chi connectivity index (χ4n) is 4.05. The van der Waals surface area contributed by atoms with E-state index >= 15 is 0 Å². The summed E-state index contributed by atoms with van der Waals surface area (Å²) in [5.74, 6) is 1.44. The fraction of sp³-hybridized carbons (Fsp3) is 0.609. The highest BCUT2D eigenvalue weighted by molar-refractivity contribution is 7.92. The molecular formula is C23H33NO2S. The van der Waals surface area contributed by atoms with Gasteiger partial charge in [0.1, 0.15) is 0 Å². The Bertz CT molecular complexity index is 888. The summed E-state index contributed by atoms with van der Waals surface area (Å²) in [6.07, 6.45) is 6.74. The molecule has 0 atom stereocenters. The lowest BCUT2D eigenvalue weighted by molar-refractivity contribution is 0.278. The van der Waals surface area contributed by atoms with Crippen molar-refractivity contribution in [2.24, 2.45) is 11.8 Å². The Balaban J connectivity index is 1.50. The summed E-state index contributed by atoms with van der Waals surface area (Å²) in [4.78, 5) is 4.57. The molecule has 27 heavy (non-hydrogen) atoms. The van der Waals surface area contributed by atoms with Crippen LogP contribution in [0, 0.1) is 18.8 Å². The van der Waals surface area contributed by atoms with E-state index in [0.29, 0.717) is 11.7 Å². The van der Waals surface area contributed by atoms with Crippen LogP contribution in [0.3, 0.4) is 0 Å². The number of fused-ring (bicyclic) bond motifs is 1. The number of aryl methyl sites for hydroxylation is 2. The van der Waals surface area contributed by atoms with E-state index in [1.807, 2.05) is 27.7 Å². The largest absolute Gasteiger partial charge is 0.253 e. The maximum Gasteiger partial charge on any atom is 0.155 e. The van der Waals surface area contributed by atoms with Crippen LogP contribution in [-0.2, 0) is 16.3 Å². The Morgan fingerprint density at radius 2 is 1.67 bits per heavy atom. The van der Waals surface area contributed by atoms with E-state index in [1.54, 1.807) is 0 Å². The molecule has 0 aliphatic heterocycles. The molecule has 3 nitrogen and oxygen atoms in total. The molecule has 1 heterocycles. The van der Waals surface area contributed by atoms with Crippen LogP contribution >= 0.6 is 0 Å². The summed E-state index contributed by atoms with van der Waals surface area (Å²) in [7, 11) is -3.00. The molecule has 4 heteroatoms. The minimum atomic E-state index is -3.00. The monoisotopic (exact) mass is 387 g/mol. The highest BCUT2D eigenvalue weighted by Gasteiger charge is 2.33. The second-order valence-electron chi connectivity index (χ2n) is 9.30. The van der Waals surface area contributed by atoms with E-state index in [2.05, 4.69) is 35.3 Å². The van der Waals surface area contributed by atoms with Gasteiger partial charge in [-0.15, -0.1) is 0 Å². The summed E-state index contributed by atoms with van der Waals surface area (Å²) >= 11 is 0. The summed E-state index contributed by atoms with van der Waals surface area (Å²) in [6, 6.07) is 10.8. The molecule has 0 bridgehead atoms. The first-order valence-electron chi connectivity index (χ1n) is 10.2. The van der Waals surface area contributed by atoms with Gasteiger partial charge in [-0.05, 0) is 89.0 Å². The molecule has 0 amide bonds. The van der Waals surface area contributed by atoms with Gasteiger partial charge < -0.3 is 0 Å². The molecule has 3 rings (SSSR count). The molecule has 2 aromatic rings. The van der Waals surface area contributed by atoms with E-state index in [-0.39, 0.29) is 0 Å². The zero-order valence-electron chi connectivity index (χ0n) is 17.2.